The lowest BCUT2D eigenvalue weighted by molar-refractivity contribution is -0.145. The summed E-state index contributed by atoms with van der Waals surface area (Å²) in [6, 6.07) is 10.2. The Balaban J connectivity index is 1.94. The first kappa shape index (κ1) is 13.1. The van der Waals surface area contributed by atoms with Crippen LogP contribution in [0.3, 0.4) is 0 Å². The number of hydrogen-bond donors (Lipinski definition) is 1. The zero-order valence-corrected chi connectivity index (χ0v) is 10.6. The lowest BCUT2D eigenvalue weighted by Gasteiger charge is -2.36. The van der Waals surface area contributed by atoms with Crippen molar-refractivity contribution in [2.45, 2.75) is 32.1 Å². The zero-order valence-electron chi connectivity index (χ0n) is 10.6. The van der Waals surface area contributed by atoms with E-state index in [1.807, 2.05) is 25.1 Å². The Morgan fingerprint density at radius 3 is 2.78 bits per heavy atom. The fourth-order valence-electron chi connectivity index (χ4n) is 2.42. The van der Waals surface area contributed by atoms with E-state index in [0.717, 1.165) is 13.1 Å². The van der Waals surface area contributed by atoms with Crippen LogP contribution in [0, 0.1) is 0 Å². The van der Waals surface area contributed by atoms with E-state index in [2.05, 4.69) is 17.0 Å². The number of carboxylic acids is 1. The zero-order chi connectivity index (χ0) is 13.0. The van der Waals surface area contributed by atoms with Crippen molar-refractivity contribution in [2.75, 3.05) is 13.1 Å². The van der Waals surface area contributed by atoms with Gasteiger partial charge in [0.2, 0.25) is 0 Å². The average molecular weight is 249 g/mol. The van der Waals surface area contributed by atoms with Crippen molar-refractivity contribution in [1.82, 2.24) is 4.90 Å². The first-order chi connectivity index (χ1) is 8.63. The predicted molar refractivity (Wildman–Crippen MR) is 68.3 cm³/mol. The van der Waals surface area contributed by atoms with Gasteiger partial charge in [0, 0.05) is 19.6 Å². The molecule has 2 rings (SSSR count). The van der Waals surface area contributed by atoms with Crippen LogP contribution in [0.2, 0.25) is 0 Å². The van der Waals surface area contributed by atoms with E-state index in [0.29, 0.717) is 6.54 Å². The number of aliphatic carboxylic acids is 1. The van der Waals surface area contributed by atoms with E-state index in [9.17, 15) is 4.79 Å². The average Bonchev–Trinajstić information content (AvgIpc) is 2.28. The molecule has 1 saturated heterocycles. The van der Waals surface area contributed by atoms with Gasteiger partial charge in [-0.05, 0) is 12.5 Å². The van der Waals surface area contributed by atoms with E-state index in [4.69, 9.17) is 9.84 Å². The molecule has 1 aromatic rings. The molecule has 1 aliphatic rings. The van der Waals surface area contributed by atoms with Crippen molar-refractivity contribution in [3.8, 4) is 0 Å². The SMILES string of the molecule is CC1CN(Cc2ccccc2)CC(CC(=O)O)O1. The topological polar surface area (TPSA) is 49.8 Å². The second kappa shape index (κ2) is 5.98. The highest BCUT2D eigenvalue weighted by Crippen LogP contribution is 2.16. The minimum Gasteiger partial charge on any atom is -0.481 e. The summed E-state index contributed by atoms with van der Waals surface area (Å²) in [5.41, 5.74) is 1.25. The maximum Gasteiger partial charge on any atom is 0.306 e. The minimum absolute atomic E-state index is 0.0790. The Kier molecular flexibility index (Phi) is 4.33. The molecule has 98 valence electrons. The summed E-state index contributed by atoms with van der Waals surface area (Å²) in [5, 5.41) is 8.83. The highest BCUT2D eigenvalue weighted by atomic mass is 16.5. The number of ether oxygens (including phenoxy) is 1. The molecule has 1 N–H and O–H groups in total. The van der Waals surface area contributed by atoms with Gasteiger partial charge in [-0.3, -0.25) is 9.69 Å². The Labute approximate surface area is 107 Å². The highest BCUT2D eigenvalue weighted by molar-refractivity contribution is 5.67. The third-order valence-electron chi connectivity index (χ3n) is 3.05. The fraction of sp³-hybridized carbons (Fsp3) is 0.500. The van der Waals surface area contributed by atoms with Crippen LogP contribution in [0.15, 0.2) is 30.3 Å². The Morgan fingerprint density at radius 2 is 2.11 bits per heavy atom. The van der Waals surface area contributed by atoms with Crippen LogP contribution in [0.1, 0.15) is 18.9 Å². The van der Waals surface area contributed by atoms with Crippen LogP contribution in [-0.4, -0.2) is 41.3 Å². The van der Waals surface area contributed by atoms with Gasteiger partial charge in [0.05, 0.1) is 18.6 Å². The smallest absolute Gasteiger partial charge is 0.306 e. The van der Waals surface area contributed by atoms with Gasteiger partial charge in [0.1, 0.15) is 0 Å². The van der Waals surface area contributed by atoms with Gasteiger partial charge in [0.25, 0.3) is 0 Å². The first-order valence-electron chi connectivity index (χ1n) is 6.27. The van der Waals surface area contributed by atoms with Crippen molar-refractivity contribution in [1.29, 1.82) is 0 Å². The largest absolute Gasteiger partial charge is 0.481 e. The minimum atomic E-state index is -0.797. The molecule has 0 aromatic heterocycles. The summed E-state index contributed by atoms with van der Waals surface area (Å²) in [4.78, 5) is 13.0. The van der Waals surface area contributed by atoms with Gasteiger partial charge in [-0.25, -0.2) is 0 Å². The lowest BCUT2D eigenvalue weighted by Crippen LogP contribution is -2.46. The number of benzene rings is 1. The molecule has 0 saturated carbocycles. The number of rotatable bonds is 4. The van der Waals surface area contributed by atoms with Gasteiger partial charge >= 0.3 is 5.97 Å². The van der Waals surface area contributed by atoms with Crippen LogP contribution in [0.25, 0.3) is 0 Å². The highest BCUT2D eigenvalue weighted by Gasteiger charge is 2.26. The molecule has 0 aliphatic carbocycles. The molecule has 1 heterocycles. The first-order valence-corrected chi connectivity index (χ1v) is 6.27. The molecular weight excluding hydrogens is 230 g/mol. The van der Waals surface area contributed by atoms with Gasteiger partial charge in [0.15, 0.2) is 0 Å². The number of morpholine rings is 1. The number of nitrogens with zero attached hydrogens (tertiary/aromatic N) is 1. The molecule has 0 amide bonds. The third kappa shape index (κ3) is 3.82. The van der Waals surface area contributed by atoms with Crippen LogP contribution < -0.4 is 0 Å². The monoisotopic (exact) mass is 249 g/mol. The Bertz CT molecular complexity index is 393. The van der Waals surface area contributed by atoms with Gasteiger partial charge in [-0.2, -0.15) is 0 Å². The molecule has 1 aromatic carbocycles. The maximum atomic E-state index is 10.7. The van der Waals surface area contributed by atoms with Crippen molar-refractivity contribution in [2.24, 2.45) is 0 Å². The van der Waals surface area contributed by atoms with E-state index >= 15 is 0 Å². The molecule has 0 radical (unpaired) electrons. The van der Waals surface area contributed by atoms with Crippen molar-refractivity contribution >= 4 is 5.97 Å². The van der Waals surface area contributed by atoms with E-state index < -0.39 is 5.97 Å². The molecular formula is C14H19NO3. The quantitative estimate of drug-likeness (QED) is 0.883. The molecule has 0 spiro atoms. The Morgan fingerprint density at radius 1 is 1.39 bits per heavy atom. The predicted octanol–water partition coefficient (Wildman–Crippen LogP) is 1.75. The molecule has 2 unspecified atom stereocenters. The van der Waals surface area contributed by atoms with Crippen LogP contribution in [-0.2, 0) is 16.1 Å². The molecule has 1 fully saturated rings. The van der Waals surface area contributed by atoms with E-state index in [1.54, 1.807) is 0 Å². The summed E-state index contributed by atoms with van der Waals surface area (Å²) in [6.45, 7) is 4.38. The van der Waals surface area contributed by atoms with Crippen molar-refractivity contribution in [3.63, 3.8) is 0 Å². The number of hydrogen-bond acceptors (Lipinski definition) is 3. The second-order valence-corrected chi connectivity index (χ2v) is 4.85. The molecule has 2 atom stereocenters. The van der Waals surface area contributed by atoms with Crippen LogP contribution >= 0.6 is 0 Å². The second-order valence-electron chi connectivity index (χ2n) is 4.85. The lowest BCUT2D eigenvalue weighted by atomic mass is 10.1. The van der Waals surface area contributed by atoms with Gasteiger partial charge in [-0.15, -0.1) is 0 Å². The van der Waals surface area contributed by atoms with Gasteiger partial charge in [-0.1, -0.05) is 30.3 Å². The summed E-state index contributed by atoms with van der Waals surface area (Å²) < 4.78 is 5.64. The summed E-state index contributed by atoms with van der Waals surface area (Å²) >= 11 is 0. The standard InChI is InChI=1S/C14H19NO3/c1-11-8-15(9-12-5-3-2-4-6-12)10-13(18-11)7-14(16)17/h2-6,11,13H,7-10H2,1H3,(H,16,17). The van der Waals surface area contributed by atoms with Crippen molar-refractivity contribution < 1.29 is 14.6 Å². The molecule has 18 heavy (non-hydrogen) atoms. The van der Waals surface area contributed by atoms with Crippen molar-refractivity contribution in [3.05, 3.63) is 35.9 Å². The van der Waals surface area contributed by atoms with E-state index in [-0.39, 0.29) is 18.6 Å². The number of carbonyl (C=O) groups is 1. The summed E-state index contributed by atoms with van der Waals surface area (Å²) in [6.07, 6.45) is -0.0305. The molecule has 0 bridgehead atoms. The molecule has 4 heteroatoms. The fourth-order valence-corrected chi connectivity index (χ4v) is 2.42. The molecule has 1 aliphatic heterocycles. The Hall–Kier alpha value is -1.39. The molecule has 4 nitrogen and oxygen atoms in total. The normalized spacial score (nSPS) is 24.9. The maximum absolute atomic E-state index is 10.7. The van der Waals surface area contributed by atoms with E-state index in [1.165, 1.54) is 5.56 Å². The van der Waals surface area contributed by atoms with Crippen LogP contribution in [0.5, 0.6) is 0 Å². The summed E-state index contributed by atoms with van der Waals surface area (Å²) in [7, 11) is 0. The number of carboxylic acid groups (broad SMARTS) is 1. The van der Waals surface area contributed by atoms with Crippen LogP contribution in [0.4, 0.5) is 0 Å². The third-order valence-corrected chi connectivity index (χ3v) is 3.05. The van der Waals surface area contributed by atoms with Gasteiger partial charge < -0.3 is 9.84 Å². The summed E-state index contributed by atoms with van der Waals surface area (Å²) in [5.74, 6) is -0.797.